The van der Waals surface area contributed by atoms with Gasteiger partial charge in [-0.2, -0.15) is 0 Å². The van der Waals surface area contributed by atoms with Gasteiger partial charge in [0.05, 0.1) is 5.02 Å². The summed E-state index contributed by atoms with van der Waals surface area (Å²) in [5.41, 5.74) is 2.14. The fourth-order valence-electron chi connectivity index (χ4n) is 3.27. The number of anilines is 1. The Morgan fingerprint density at radius 1 is 1.15 bits per heavy atom. The van der Waals surface area contributed by atoms with Crippen LogP contribution >= 0.6 is 11.6 Å². The Labute approximate surface area is 156 Å². The minimum absolute atomic E-state index is 0.104. The van der Waals surface area contributed by atoms with E-state index in [9.17, 15) is 4.79 Å². The van der Waals surface area contributed by atoms with E-state index >= 15 is 0 Å². The number of furan rings is 1. The summed E-state index contributed by atoms with van der Waals surface area (Å²) in [6.07, 6.45) is 0.852. The molecule has 0 radical (unpaired) electrons. The van der Waals surface area contributed by atoms with Gasteiger partial charge in [-0.15, -0.1) is 0 Å². The van der Waals surface area contributed by atoms with Gasteiger partial charge in [-0.25, -0.2) is 0 Å². The molecule has 0 N–H and O–H groups in total. The topological polar surface area (TPSA) is 42.7 Å². The summed E-state index contributed by atoms with van der Waals surface area (Å²) in [6, 6.07) is 18.8. The van der Waals surface area contributed by atoms with E-state index in [-0.39, 0.29) is 18.6 Å². The Morgan fingerprint density at radius 2 is 1.92 bits per heavy atom. The molecule has 4 rings (SSSR count). The lowest BCUT2D eigenvalue weighted by atomic mass is 10.1. The lowest BCUT2D eigenvalue weighted by molar-refractivity contribution is 0.0950. The van der Waals surface area contributed by atoms with Crippen LogP contribution in [0.3, 0.4) is 0 Å². The van der Waals surface area contributed by atoms with E-state index in [0.29, 0.717) is 22.3 Å². The molecule has 0 spiro atoms. The number of ether oxygens (including phenoxy) is 1. The molecule has 0 fully saturated rings. The largest absolute Gasteiger partial charge is 0.484 e. The summed E-state index contributed by atoms with van der Waals surface area (Å²) in [5, 5.41) is 0.540. The van der Waals surface area contributed by atoms with E-state index < -0.39 is 0 Å². The zero-order valence-corrected chi connectivity index (χ0v) is 15.1. The van der Waals surface area contributed by atoms with Crippen molar-refractivity contribution in [2.24, 2.45) is 0 Å². The van der Waals surface area contributed by atoms with Crippen LogP contribution in [0.5, 0.6) is 5.75 Å². The first-order valence-corrected chi connectivity index (χ1v) is 8.89. The van der Waals surface area contributed by atoms with Gasteiger partial charge in [0, 0.05) is 11.7 Å². The molecule has 0 saturated heterocycles. The molecule has 3 aromatic rings. The maximum Gasteiger partial charge on any atom is 0.294 e. The van der Waals surface area contributed by atoms with E-state index in [4.69, 9.17) is 20.8 Å². The third-order valence-electron chi connectivity index (χ3n) is 4.51. The molecule has 5 heteroatoms. The van der Waals surface area contributed by atoms with Crippen molar-refractivity contribution in [3.05, 3.63) is 82.8 Å². The van der Waals surface area contributed by atoms with E-state index in [1.165, 1.54) is 5.56 Å². The first-order chi connectivity index (χ1) is 12.6. The van der Waals surface area contributed by atoms with Crippen molar-refractivity contribution < 1.29 is 13.9 Å². The van der Waals surface area contributed by atoms with Crippen LogP contribution in [0.4, 0.5) is 5.69 Å². The van der Waals surface area contributed by atoms with Gasteiger partial charge in [-0.05, 0) is 49.2 Å². The van der Waals surface area contributed by atoms with Crippen molar-refractivity contribution in [3.8, 4) is 5.75 Å². The highest BCUT2D eigenvalue weighted by atomic mass is 35.5. The molecule has 1 amide bonds. The van der Waals surface area contributed by atoms with Crippen LogP contribution in [-0.4, -0.2) is 11.9 Å². The first-order valence-electron chi connectivity index (χ1n) is 8.51. The maximum atomic E-state index is 12.9. The summed E-state index contributed by atoms with van der Waals surface area (Å²) in [4.78, 5) is 14.7. The quantitative estimate of drug-likeness (QED) is 0.644. The van der Waals surface area contributed by atoms with Gasteiger partial charge in [-0.3, -0.25) is 4.79 Å². The van der Waals surface area contributed by atoms with Crippen molar-refractivity contribution in [1.29, 1.82) is 0 Å². The number of hydrogen-bond donors (Lipinski definition) is 0. The zero-order chi connectivity index (χ0) is 18.1. The summed E-state index contributed by atoms with van der Waals surface area (Å²) in [6.45, 7) is 2.26. The third kappa shape index (κ3) is 3.08. The van der Waals surface area contributed by atoms with E-state index in [1.807, 2.05) is 37.3 Å². The van der Waals surface area contributed by atoms with E-state index in [2.05, 4.69) is 6.07 Å². The Hall–Kier alpha value is -2.72. The number of nitrogens with zero attached hydrogens (tertiary/aromatic N) is 1. The normalized spacial score (nSPS) is 15.8. The summed E-state index contributed by atoms with van der Waals surface area (Å²) >= 11 is 6.08. The molecule has 2 heterocycles. The van der Waals surface area contributed by atoms with E-state index in [1.54, 1.807) is 29.2 Å². The summed E-state index contributed by atoms with van der Waals surface area (Å²) in [7, 11) is 0. The van der Waals surface area contributed by atoms with Crippen LogP contribution in [0.2, 0.25) is 5.02 Å². The van der Waals surface area contributed by atoms with Crippen LogP contribution in [0.1, 0.15) is 28.8 Å². The number of para-hydroxylation sites is 2. The zero-order valence-electron chi connectivity index (χ0n) is 14.3. The highest BCUT2D eigenvalue weighted by Gasteiger charge is 2.32. The van der Waals surface area contributed by atoms with Gasteiger partial charge >= 0.3 is 0 Å². The number of carbonyl (C=O) groups is 1. The number of benzene rings is 2. The molecule has 1 atom stereocenters. The molecule has 26 heavy (non-hydrogen) atoms. The minimum atomic E-state index is -0.133. The molecule has 1 aromatic heterocycles. The molecule has 4 nitrogen and oxygen atoms in total. The van der Waals surface area contributed by atoms with Gasteiger partial charge in [-0.1, -0.05) is 41.9 Å². The molecule has 0 bridgehead atoms. The molecule has 1 unspecified atom stereocenters. The second-order valence-corrected chi connectivity index (χ2v) is 6.75. The molecular weight excluding hydrogens is 350 g/mol. The monoisotopic (exact) mass is 367 g/mol. The number of halogens is 1. The fraction of sp³-hybridized carbons (Fsp3) is 0.190. The predicted octanol–water partition coefficient (Wildman–Crippen LogP) is 5.10. The SMILES string of the molecule is CC1Cc2ccccc2N1C(=O)c1ccc(COc2ccccc2Cl)o1. The van der Waals surface area contributed by atoms with Crippen LogP contribution in [0.25, 0.3) is 0 Å². The maximum absolute atomic E-state index is 12.9. The lowest BCUT2D eigenvalue weighted by Gasteiger charge is -2.21. The highest BCUT2D eigenvalue weighted by molar-refractivity contribution is 6.32. The lowest BCUT2D eigenvalue weighted by Crippen LogP contribution is -2.35. The molecule has 0 aliphatic carbocycles. The number of carbonyl (C=O) groups excluding carboxylic acids is 1. The van der Waals surface area contributed by atoms with Gasteiger partial charge < -0.3 is 14.1 Å². The predicted molar refractivity (Wildman–Crippen MR) is 101 cm³/mol. The molecule has 132 valence electrons. The summed E-state index contributed by atoms with van der Waals surface area (Å²) < 4.78 is 11.4. The van der Waals surface area contributed by atoms with E-state index in [0.717, 1.165) is 12.1 Å². The Morgan fingerprint density at radius 3 is 2.77 bits per heavy atom. The fourth-order valence-corrected chi connectivity index (χ4v) is 3.47. The molecule has 1 aliphatic heterocycles. The van der Waals surface area contributed by atoms with Gasteiger partial charge in [0.15, 0.2) is 5.76 Å². The number of rotatable bonds is 4. The molecule has 2 aromatic carbocycles. The Balaban J connectivity index is 1.49. The number of amides is 1. The highest BCUT2D eigenvalue weighted by Crippen LogP contribution is 2.33. The first kappa shape index (κ1) is 16.7. The van der Waals surface area contributed by atoms with Crippen molar-refractivity contribution in [2.45, 2.75) is 26.0 Å². The van der Waals surface area contributed by atoms with Crippen molar-refractivity contribution in [1.82, 2.24) is 0 Å². The van der Waals surface area contributed by atoms with Crippen molar-refractivity contribution in [2.75, 3.05) is 4.90 Å². The second-order valence-electron chi connectivity index (χ2n) is 6.34. The van der Waals surface area contributed by atoms with Gasteiger partial charge in [0.1, 0.15) is 18.1 Å². The third-order valence-corrected chi connectivity index (χ3v) is 4.82. The van der Waals surface area contributed by atoms with Crippen LogP contribution in [0, 0.1) is 0 Å². The van der Waals surface area contributed by atoms with Crippen LogP contribution < -0.4 is 9.64 Å². The van der Waals surface area contributed by atoms with Crippen LogP contribution in [0.15, 0.2) is 65.1 Å². The van der Waals surface area contributed by atoms with Crippen molar-refractivity contribution in [3.63, 3.8) is 0 Å². The minimum Gasteiger partial charge on any atom is -0.484 e. The molecule has 1 aliphatic rings. The molecule has 0 saturated carbocycles. The van der Waals surface area contributed by atoms with Crippen molar-refractivity contribution >= 4 is 23.2 Å². The van der Waals surface area contributed by atoms with Gasteiger partial charge in [0.2, 0.25) is 0 Å². The Kier molecular flexibility index (Phi) is 4.43. The van der Waals surface area contributed by atoms with Crippen LogP contribution in [-0.2, 0) is 13.0 Å². The van der Waals surface area contributed by atoms with Gasteiger partial charge in [0.25, 0.3) is 5.91 Å². The average Bonchev–Trinajstić information content (AvgIpc) is 3.24. The second kappa shape index (κ2) is 6.89. The average molecular weight is 368 g/mol. The molecular formula is C21H18ClNO3. The number of fused-ring (bicyclic) bond motifs is 1. The Bertz CT molecular complexity index is 950. The summed E-state index contributed by atoms with van der Waals surface area (Å²) in [5.74, 6) is 1.34. The smallest absolute Gasteiger partial charge is 0.294 e. The number of hydrogen-bond acceptors (Lipinski definition) is 3. The standard InChI is InChI=1S/C21H18ClNO3/c1-14-12-15-6-2-4-8-18(15)23(14)21(24)20-11-10-16(26-20)13-25-19-9-5-3-7-17(19)22/h2-11,14H,12-13H2,1H3.